The van der Waals surface area contributed by atoms with E-state index < -0.39 is 12.0 Å². The minimum atomic E-state index is -0.555. The van der Waals surface area contributed by atoms with E-state index in [9.17, 15) is 9.59 Å². The van der Waals surface area contributed by atoms with Gasteiger partial charge in [0.2, 0.25) is 5.91 Å². The Balaban J connectivity index is 1.69. The Hall–Kier alpha value is -2.98. The fourth-order valence-corrected chi connectivity index (χ4v) is 5.41. The molecule has 1 fully saturated rings. The van der Waals surface area contributed by atoms with E-state index in [0.29, 0.717) is 40.9 Å². The van der Waals surface area contributed by atoms with Crippen LogP contribution in [0.1, 0.15) is 44.2 Å². The maximum Gasteiger partial charge on any atom is 0.338 e. The van der Waals surface area contributed by atoms with Gasteiger partial charge < -0.3 is 29.2 Å². The molecule has 0 radical (unpaired) electrons. The van der Waals surface area contributed by atoms with Gasteiger partial charge in [0.25, 0.3) is 0 Å². The molecule has 0 spiro atoms. The first-order valence-electron chi connectivity index (χ1n) is 11.6. The Morgan fingerprint density at radius 2 is 1.94 bits per heavy atom. The van der Waals surface area contributed by atoms with Crippen molar-refractivity contribution in [2.75, 3.05) is 34.5 Å². The molecule has 10 heteroatoms. The molecule has 2 atom stereocenters. The lowest BCUT2D eigenvalue weighted by Crippen LogP contribution is -2.39. The number of hydrogen-bond donors (Lipinski definition) is 1. The molecule has 1 aromatic carbocycles. The average Bonchev–Trinajstić information content (AvgIpc) is 3.55. The van der Waals surface area contributed by atoms with Crippen molar-refractivity contribution in [3.8, 4) is 11.5 Å². The number of nitrogens with one attached hydrogen (secondary N) is 1. The van der Waals surface area contributed by atoms with Crippen molar-refractivity contribution < 1.29 is 28.5 Å². The van der Waals surface area contributed by atoms with Crippen LogP contribution >= 0.6 is 11.8 Å². The summed E-state index contributed by atoms with van der Waals surface area (Å²) in [6.07, 6.45) is 2.73. The van der Waals surface area contributed by atoms with E-state index in [1.165, 1.54) is 18.9 Å². The highest BCUT2D eigenvalue weighted by atomic mass is 32.2. The minimum Gasteiger partial charge on any atom is -0.497 e. The maximum absolute atomic E-state index is 13.0. The van der Waals surface area contributed by atoms with Crippen LogP contribution in [0.4, 0.5) is 0 Å². The van der Waals surface area contributed by atoms with Gasteiger partial charge in [0, 0.05) is 24.9 Å². The van der Waals surface area contributed by atoms with Crippen molar-refractivity contribution in [1.82, 2.24) is 10.2 Å². The summed E-state index contributed by atoms with van der Waals surface area (Å²) in [7, 11) is 4.52. The van der Waals surface area contributed by atoms with Crippen LogP contribution in [0.25, 0.3) is 0 Å². The number of thioether (sulfide) groups is 1. The average molecular weight is 502 g/mol. The number of aliphatic imine (C=N–C) groups is 1. The Morgan fingerprint density at radius 1 is 1.20 bits per heavy atom. The number of hydrogen-bond acceptors (Lipinski definition) is 9. The Morgan fingerprint density at radius 3 is 2.54 bits per heavy atom. The van der Waals surface area contributed by atoms with Crippen LogP contribution in [-0.4, -0.2) is 62.5 Å². The van der Waals surface area contributed by atoms with Crippen LogP contribution in [0.2, 0.25) is 0 Å². The molecule has 0 saturated carbocycles. The quantitative estimate of drug-likeness (QED) is 0.513. The SMILES string of the molecule is CCC1=C(C(=O)OC)[C@H](c2cc(OC)cc(OC)c2)N2C(CC(=O)NC[C@@H]3CCCO3)=CSC2=N1. The van der Waals surface area contributed by atoms with E-state index in [0.717, 1.165) is 30.7 Å². The molecule has 0 aliphatic carbocycles. The van der Waals surface area contributed by atoms with Crippen molar-refractivity contribution in [3.05, 3.63) is 46.1 Å². The van der Waals surface area contributed by atoms with Crippen LogP contribution < -0.4 is 14.8 Å². The number of amides is 1. The molecule has 188 valence electrons. The fourth-order valence-electron chi connectivity index (χ4n) is 4.48. The van der Waals surface area contributed by atoms with Crippen LogP contribution in [0.5, 0.6) is 11.5 Å². The van der Waals surface area contributed by atoms with Gasteiger partial charge in [0.05, 0.1) is 51.2 Å². The fraction of sp³-hybridized carbons (Fsp3) is 0.480. The molecular weight excluding hydrogens is 470 g/mol. The van der Waals surface area contributed by atoms with Crippen molar-refractivity contribution in [2.45, 2.75) is 44.8 Å². The van der Waals surface area contributed by atoms with Gasteiger partial charge in [-0.1, -0.05) is 18.7 Å². The zero-order valence-electron chi connectivity index (χ0n) is 20.5. The highest BCUT2D eigenvalue weighted by Crippen LogP contribution is 2.46. The second-order valence-corrected chi connectivity index (χ2v) is 9.20. The lowest BCUT2D eigenvalue weighted by Gasteiger charge is -2.36. The highest BCUT2D eigenvalue weighted by molar-refractivity contribution is 8.16. The second-order valence-electron chi connectivity index (χ2n) is 8.36. The number of ether oxygens (including phenoxy) is 4. The normalized spacial score (nSPS) is 21.3. The van der Waals surface area contributed by atoms with Crippen molar-refractivity contribution in [1.29, 1.82) is 0 Å². The van der Waals surface area contributed by atoms with E-state index >= 15 is 0 Å². The predicted molar refractivity (Wildman–Crippen MR) is 133 cm³/mol. The monoisotopic (exact) mass is 501 g/mol. The number of allylic oxidation sites excluding steroid dienone is 1. The zero-order chi connectivity index (χ0) is 24.9. The molecule has 3 aliphatic heterocycles. The van der Waals surface area contributed by atoms with E-state index in [1.807, 2.05) is 29.4 Å². The number of benzene rings is 1. The number of amidine groups is 1. The molecule has 4 rings (SSSR count). The van der Waals surface area contributed by atoms with Gasteiger partial charge in [0.15, 0.2) is 5.17 Å². The lowest BCUT2D eigenvalue weighted by molar-refractivity contribution is -0.136. The molecule has 1 N–H and O–H groups in total. The Labute approximate surface area is 209 Å². The Kier molecular flexibility index (Phi) is 8.02. The summed E-state index contributed by atoms with van der Waals surface area (Å²) in [5, 5.41) is 5.61. The molecule has 1 aromatic rings. The van der Waals surface area contributed by atoms with E-state index in [1.54, 1.807) is 20.3 Å². The van der Waals surface area contributed by atoms with Gasteiger partial charge in [0.1, 0.15) is 11.5 Å². The van der Waals surface area contributed by atoms with Crippen molar-refractivity contribution >= 4 is 28.8 Å². The predicted octanol–water partition coefficient (Wildman–Crippen LogP) is 3.53. The number of nitrogens with zero attached hydrogens (tertiary/aromatic N) is 2. The largest absolute Gasteiger partial charge is 0.497 e. The molecule has 0 bridgehead atoms. The number of methoxy groups -OCH3 is 3. The molecule has 9 nitrogen and oxygen atoms in total. The van der Waals surface area contributed by atoms with Gasteiger partial charge in [-0.05, 0) is 42.4 Å². The lowest BCUT2D eigenvalue weighted by atomic mass is 9.92. The molecule has 1 saturated heterocycles. The number of fused-ring (bicyclic) bond motifs is 1. The first kappa shape index (κ1) is 25.1. The van der Waals surface area contributed by atoms with Crippen LogP contribution in [0, 0.1) is 0 Å². The summed E-state index contributed by atoms with van der Waals surface area (Å²) in [6.45, 7) is 3.18. The summed E-state index contributed by atoms with van der Waals surface area (Å²) < 4.78 is 21.8. The minimum absolute atomic E-state index is 0.0657. The second kappa shape index (κ2) is 11.2. The van der Waals surface area contributed by atoms with Gasteiger partial charge in [-0.3, -0.25) is 4.79 Å². The smallest absolute Gasteiger partial charge is 0.338 e. The molecule has 3 heterocycles. The molecule has 3 aliphatic rings. The van der Waals surface area contributed by atoms with Gasteiger partial charge in [-0.2, -0.15) is 0 Å². The number of carbonyl (C=O) groups is 2. The topological polar surface area (TPSA) is 98.7 Å². The molecule has 1 amide bonds. The van der Waals surface area contributed by atoms with Crippen LogP contribution in [-0.2, 0) is 19.1 Å². The first-order chi connectivity index (χ1) is 17.0. The third-order valence-corrected chi connectivity index (χ3v) is 7.10. The molecule has 35 heavy (non-hydrogen) atoms. The first-order valence-corrected chi connectivity index (χ1v) is 12.5. The van der Waals surface area contributed by atoms with E-state index in [2.05, 4.69) is 5.32 Å². The van der Waals surface area contributed by atoms with Gasteiger partial charge in [-0.25, -0.2) is 9.79 Å². The van der Waals surface area contributed by atoms with E-state index in [4.69, 9.17) is 23.9 Å². The Bertz CT molecular complexity index is 1050. The van der Waals surface area contributed by atoms with E-state index in [-0.39, 0.29) is 18.4 Å². The number of rotatable bonds is 9. The van der Waals surface area contributed by atoms with Crippen molar-refractivity contribution in [2.24, 2.45) is 4.99 Å². The van der Waals surface area contributed by atoms with Gasteiger partial charge >= 0.3 is 5.97 Å². The summed E-state index contributed by atoms with van der Waals surface area (Å²) >= 11 is 1.44. The van der Waals surface area contributed by atoms with Crippen molar-refractivity contribution in [3.63, 3.8) is 0 Å². The highest BCUT2D eigenvalue weighted by Gasteiger charge is 2.42. The summed E-state index contributed by atoms with van der Waals surface area (Å²) in [4.78, 5) is 32.6. The molecule has 0 aromatic heterocycles. The summed E-state index contributed by atoms with van der Waals surface area (Å²) in [6, 6.07) is 4.95. The number of esters is 1. The molecule has 0 unspecified atom stereocenters. The van der Waals surface area contributed by atoms with Crippen LogP contribution in [0.3, 0.4) is 0 Å². The standard InChI is InChI=1S/C25H31N3O6S/c1-5-20-22(24(30)33-4)23(15-9-18(31-2)12-19(10-15)32-3)28-16(14-35-25(28)27-20)11-21(29)26-13-17-7-6-8-34-17/h9-10,12,14,17,23H,5-8,11,13H2,1-4H3,(H,26,29)/t17-,23-/m0/s1. The summed E-state index contributed by atoms with van der Waals surface area (Å²) in [5.41, 5.74) is 2.61. The maximum atomic E-state index is 13.0. The zero-order valence-corrected chi connectivity index (χ0v) is 21.3. The molecular formula is C25H31N3O6S. The number of carbonyl (C=O) groups excluding carboxylic acids is 2. The third kappa shape index (κ3) is 5.33. The summed E-state index contributed by atoms with van der Waals surface area (Å²) in [5.74, 6) is 0.616. The third-order valence-electron chi connectivity index (χ3n) is 6.21. The van der Waals surface area contributed by atoms with Gasteiger partial charge in [-0.15, -0.1) is 0 Å². The van der Waals surface area contributed by atoms with Crippen LogP contribution in [0.15, 0.2) is 45.6 Å².